The first-order chi connectivity index (χ1) is 15.5. The van der Waals surface area contributed by atoms with Crippen molar-refractivity contribution in [3.05, 3.63) is 95.3 Å². The van der Waals surface area contributed by atoms with Gasteiger partial charge < -0.3 is 14.8 Å². The van der Waals surface area contributed by atoms with Gasteiger partial charge in [-0.2, -0.15) is 0 Å². The van der Waals surface area contributed by atoms with Crippen LogP contribution < -0.4 is 14.8 Å². The van der Waals surface area contributed by atoms with E-state index >= 15 is 0 Å². The van der Waals surface area contributed by atoms with E-state index in [0.29, 0.717) is 27.8 Å². The highest BCUT2D eigenvalue weighted by Crippen LogP contribution is 2.25. The molecule has 0 aliphatic carbocycles. The average Bonchev–Trinajstić information content (AvgIpc) is 2.82. The second kappa shape index (κ2) is 9.49. The number of anilines is 1. The summed E-state index contributed by atoms with van der Waals surface area (Å²) in [6, 6.07) is 20.1. The van der Waals surface area contributed by atoms with Crippen LogP contribution in [0.1, 0.15) is 15.9 Å². The molecule has 0 aliphatic rings. The summed E-state index contributed by atoms with van der Waals surface area (Å²) >= 11 is 6.15. The maximum absolute atomic E-state index is 12.7. The first kappa shape index (κ1) is 21.3. The summed E-state index contributed by atoms with van der Waals surface area (Å²) in [6.45, 7) is 1.91. The Kier molecular flexibility index (Phi) is 6.33. The van der Waals surface area contributed by atoms with Gasteiger partial charge in [0.2, 0.25) is 0 Å². The van der Waals surface area contributed by atoms with Gasteiger partial charge in [-0.1, -0.05) is 35.9 Å². The number of rotatable bonds is 6. The fraction of sp³-hybridized carbons (Fsp3) is 0.0800. The fourth-order valence-electron chi connectivity index (χ4n) is 3.00. The van der Waals surface area contributed by atoms with Gasteiger partial charge in [0, 0.05) is 40.3 Å². The SMILES string of the molecule is COc1cccc(Oc2ncc(-c3cccc(C(=O)Nc4ccc(C)c(Cl)c4)c3)cn2)c1. The van der Waals surface area contributed by atoms with Gasteiger partial charge in [0.05, 0.1) is 7.11 Å². The normalized spacial score (nSPS) is 10.5. The Balaban J connectivity index is 1.48. The molecule has 0 aliphatic heterocycles. The van der Waals surface area contributed by atoms with E-state index < -0.39 is 0 Å². The van der Waals surface area contributed by atoms with E-state index in [4.69, 9.17) is 21.1 Å². The third-order valence-corrected chi connectivity index (χ3v) is 5.17. The molecule has 0 bridgehead atoms. The molecule has 6 nitrogen and oxygen atoms in total. The molecular weight excluding hydrogens is 426 g/mol. The molecule has 4 rings (SSSR count). The summed E-state index contributed by atoms with van der Waals surface area (Å²) in [5, 5.41) is 3.47. The van der Waals surface area contributed by atoms with Crippen LogP contribution in [0.2, 0.25) is 5.02 Å². The third-order valence-electron chi connectivity index (χ3n) is 4.77. The van der Waals surface area contributed by atoms with Crippen molar-refractivity contribution in [3.8, 4) is 28.6 Å². The molecule has 1 amide bonds. The summed E-state index contributed by atoms with van der Waals surface area (Å²) in [4.78, 5) is 21.2. The van der Waals surface area contributed by atoms with Crippen molar-refractivity contribution >= 4 is 23.2 Å². The fourth-order valence-corrected chi connectivity index (χ4v) is 3.18. The lowest BCUT2D eigenvalue weighted by Crippen LogP contribution is -2.11. The number of hydrogen-bond acceptors (Lipinski definition) is 5. The van der Waals surface area contributed by atoms with Crippen LogP contribution in [0.4, 0.5) is 5.69 Å². The second-order valence-corrected chi connectivity index (χ2v) is 7.44. The molecule has 0 atom stereocenters. The predicted octanol–water partition coefficient (Wildman–Crippen LogP) is 6.16. The van der Waals surface area contributed by atoms with Crippen LogP contribution in [0.25, 0.3) is 11.1 Å². The molecule has 0 radical (unpaired) electrons. The van der Waals surface area contributed by atoms with Gasteiger partial charge in [0.15, 0.2) is 0 Å². The smallest absolute Gasteiger partial charge is 0.321 e. The minimum Gasteiger partial charge on any atom is -0.497 e. The van der Waals surface area contributed by atoms with Gasteiger partial charge in [-0.3, -0.25) is 4.79 Å². The Labute approximate surface area is 190 Å². The lowest BCUT2D eigenvalue weighted by molar-refractivity contribution is 0.102. The van der Waals surface area contributed by atoms with Crippen molar-refractivity contribution < 1.29 is 14.3 Å². The molecule has 0 saturated heterocycles. The number of amides is 1. The van der Waals surface area contributed by atoms with Crippen LogP contribution in [0.15, 0.2) is 79.1 Å². The second-order valence-electron chi connectivity index (χ2n) is 7.03. The Morgan fingerprint density at radius 1 is 0.906 bits per heavy atom. The van der Waals surface area contributed by atoms with E-state index in [9.17, 15) is 4.79 Å². The number of nitrogens with zero attached hydrogens (tertiary/aromatic N) is 2. The highest BCUT2D eigenvalue weighted by molar-refractivity contribution is 6.31. The summed E-state index contributed by atoms with van der Waals surface area (Å²) in [5.41, 5.74) is 3.67. The first-order valence-electron chi connectivity index (χ1n) is 9.84. The van der Waals surface area contributed by atoms with Gasteiger partial charge in [0.1, 0.15) is 11.5 Å². The Morgan fingerprint density at radius 2 is 1.66 bits per heavy atom. The minimum atomic E-state index is -0.231. The largest absolute Gasteiger partial charge is 0.497 e. The van der Waals surface area contributed by atoms with Gasteiger partial charge in [0.25, 0.3) is 5.91 Å². The molecule has 160 valence electrons. The molecule has 1 aromatic heterocycles. The maximum atomic E-state index is 12.7. The topological polar surface area (TPSA) is 73.3 Å². The van der Waals surface area contributed by atoms with Crippen LogP contribution in [-0.2, 0) is 0 Å². The Bertz CT molecular complexity index is 1260. The van der Waals surface area contributed by atoms with Crippen LogP contribution in [0.5, 0.6) is 17.5 Å². The zero-order chi connectivity index (χ0) is 22.5. The van der Waals surface area contributed by atoms with Crippen LogP contribution in [0.3, 0.4) is 0 Å². The van der Waals surface area contributed by atoms with E-state index in [2.05, 4.69) is 15.3 Å². The van der Waals surface area contributed by atoms with Gasteiger partial charge in [-0.25, -0.2) is 9.97 Å². The standard InChI is InChI=1S/C25H20ClN3O3/c1-16-9-10-20(12-23(16)26)29-24(30)18-6-3-5-17(11-18)19-14-27-25(28-15-19)32-22-8-4-7-21(13-22)31-2/h3-15H,1-2H3,(H,29,30). The lowest BCUT2D eigenvalue weighted by Gasteiger charge is -2.09. The van der Waals surface area contributed by atoms with E-state index in [1.807, 2.05) is 43.3 Å². The van der Waals surface area contributed by atoms with Crippen molar-refractivity contribution in [2.24, 2.45) is 0 Å². The number of benzene rings is 3. The summed E-state index contributed by atoms with van der Waals surface area (Å²) < 4.78 is 10.9. The summed E-state index contributed by atoms with van der Waals surface area (Å²) in [5.74, 6) is 1.03. The zero-order valence-electron chi connectivity index (χ0n) is 17.5. The van der Waals surface area contributed by atoms with Gasteiger partial charge >= 0.3 is 6.01 Å². The molecule has 0 saturated carbocycles. The van der Waals surface area contributed by atoms with Gasteiger partial charge in [-0.05, 0) is 54.4 Å². The number of carbonyl (C=O) groups excluding carboxylic acids is 1. The molecule has 32 heavy (non-hydrogen) atoms. The minimum absolute atomic E-state index is 0.215. The van der Waals surface area contributed by atoms with Crippen molar-refractivity contribution in [1.82, 2.24) is 9.97 Å². The lowest BCUT2D eigenvalue weighted by atomic mass is 10.1. The monoisotopic (exact) mass is 445 g/mol. The summed E-state index contributed by atoms with van der Waals surface area (Å²) in [7, 11) is 1.59. The predicted molar refractivity (Wildman–Crippen MR) is 125 cm³/mol. The quantitative estimate of drug-likeness (QED) is 0.385. The summed E-state index contributed by atoms with van der Waals surface area (Å²) in [6.07, 6.45) is 3.30. The average molecular weight is 446 g/mol. The van der Waals surface area contributed by atoms with E-state index in [0.717, 1.165) is 16.7 Å². The Hall–Kier alpha value is -3.90. The molecule has 0 unspecified atom stereocenters. The molecule has 1 N–H and O–H groups in total. The van der Waals surface area contributed by atoms with Crippen molar-refractivity contribution in [3.63, 3.8) is 0 Å². The van der Waals surface area contributed by atoms with Gasteiger partial charge in [-0.15, -0.1) is 0 Å². The van der Waals surface area contributed by atoms with E-state index in [-0.39, 0.29) is 11.9 Å². The molecule has 0 fully saturated rings. The number of aryl methyl sites for hydroxylation is 1. The number of methoxy groups -OCH3 is 1. The molecule has 1 heterocycles. The highest BCUT2D eigenvalue weighted by atomic mass is 35.5. The van der Waals surface area contributed by atoms with E-state index in [1.54, 1.807) is 49.8 Å². The van der Waals surface area contributed by atoms with Crippen LogP contribution >= 0.6 is 11.6 Å². The number of aromatic nitrogens is 2. The Morgan fingerprint density at radius 3 is 2.41 bits per heavy atom. The molecule has 4 aromatic rings. The zero-order valence-corrected chi connectivity index (χ0v) is 18.3. The number of carbonyl (C=O) groups is 1. The highest BCUT2D eigenvalue weighted by Gasteiger charge is 2.10. The number of halogens is 1. The van der Waals surface area contributed by atoms with Crippen molar-refractivity contribution in [1.29, 1.82) is 0 Å². The first-order valence-corrected chi connectivity index (χ1v) is 10.2. The molecular formula is C25H20ClN3O3. The number of nitrogens with one attached hydrogen (secondary N) is 1. The molecule has 0 spiro atoms. The molecule has 7 heteroatoms. The molecule has 3 aromatic carbocycles. The number of ether oxygens (including phenoxy) is 2. The van der Waals surface area contributed by atoms with Crippen molar-refractivity contribution in [2.75, 3.05) is 12.4 Å². The van der Waals surface area contributed by atoms with E-state index in [1.165, 1.54) is 0 Å². The van der Waals surface area contributed by atoms with Crippen molar-refractivity contribution in [2.45, 2.75) is 6.92 Å². The van der Waals surface area contributed by atoms with Crippen LogP contribution in [0, 0.1) is 6.92 Å². The number of hydrogen-bond donors (Lipinski definition) is 1. The van der Waals surface area contributed by atoms with Crippen LogP contribution in [-0.4, -0.2) is 23.0 Å². The third kappa shape index (κ3) is 5.04. The maximum Gasteiger partial charge on any atom is 0.321 e.